The van der Waals surface area contributed by atoms with Crippen LogP contribution in [0.4, 0.5) is 0 Å². The first-order valence-corrected chi connectivity index (χ1v) is 7.15. The normalized spacial score (nSPS) is 10.1. The smallest absolute Gasteiger partial charge is 0.147 e. The summed E-state index contributed by atoms with van der Waals surface area (Å²) in [5.41, 5.74) is 0. The Balaban J connectivity index is 3.91. The summed E-state index contributed by atoms with van der Waals surface area (Å²) in [4.78, 5) is 3.97. The zero-order chi connectivity index (χ0) is 11.3. The molecule has 0 amide bonds. The molecule has 0 spiro atoms. The van der Waals surface area contributed by atoms with E-state index in [2.05, 4.69) is 18.7 Å². The highest BCUT2D eigenvalue weighted by molar-refractivity contribution is 8.89. The lowest BCUT2D eigenvalue weighted by molar-refractivity contribution is 0.431. The van der Waals surface area contributed by atoms with Crippen molar-refractivity contribution in [1.82, 2.24) is 9.80 Å². The van der Waals surface area contributed by atoms with Crippen molar-refractivity contribution in [2.75, 3.05) is 21.1 Å². The van der Waals surface area contributed by atoms with E-state index in [0.29, 0.717) is 6.04 Å². The topological polar surface area (TPSA) is 6.48 Å². The van der Waals surface area contributed by atoms with Crippen LogP contribution in [0.3, 0.4) is 0 Å². The van der Waals surface area contributed by atoms with Crippen LogP contribution in [0.2, 0.25) is 0 Å². The zero-order valence-corrected chi connectivity index (χ0v) is 12.4. The molecule has 0 rings (SSSR count). The third-order valence-electron chi connectivity index (χ3n) is 1.61. The first kappa shape index (κ1) is 14.5. The van der Waals surface area contributed by atoms with Crippen LogP contribution in [0, 0.1) is 0 Å². The molecule has 6 heteroatoms. The standard InChI is InChI=1S/C8H16N2S4/c1-6(2)10(5)8(12)14-13-7(11)9(3)4/h6H,1-5H3. The van der Waals surface area contributed by atoms with Crippen molar-refractivity contribution in [2.24, 2.45) is 0 Å². The van der Waals surface area contributed by atoms with Gasteiger partial charge in [-0.15, -0.1) is 0 Å². The first-order valence-electron chi connectivity index (χ1n) is 4.18. The Morgan fingerprint density at radius 3 is 1.79 bits per heavy atom. The third-order valence-corrected chi connectivity index (χ3v) is 5.62. The van der Waals surface area contributed by atoms with E-state index >= 15 is 0 Å². The van der Waals surface area contributed by atoms with Crippen LogP contribution in [0.1, 0.15) is 13.8 Å². The maximum absolute atomic E-state index is 5.25. The van der Waals surface area contributed by atoms with Gasteiger partial charge in [0.1, 0.15) is 8.64 Å². The molecule has 0 heterocycles. The maximum Gasteiger partial charge on any atom is 0.147 e. The molecule has 0 aromatic carbocycles. The van der Waals surface area contributed by atoms with E-state index in [4.69, 9.17) is 24.4 Å². The van der Waals surface area contributed by atoms with Gasteiger partial charge in [0, 0.05) is 27.2 Å². The number of thiocarbonyl (C=S) groups is 2. The molecule has 14 heavy (non-hydrogen) atoms. The van der Waals surface area contributed by atoms with E-state index < -0.39 is 0 Å². The van der Waals surface area contributed by atoms with Gasteiger partial charge in [-0.3, -0.25) is 0 Å². The molecule has 0 aliphatic heterocycles. The molecule has 0 atom stereocenters. The first-order chi connectivity index (χ1) is 6.36. The molecular weight excluding hydrogens is 252 g/mol. The number of hydrogen-bond donors (Lipinski definition) is 0. The van der Waals surface area contributed by atoms with Crippen LogP contribution < -0.4 is 0 Å². The highest BCUT2D eigenvalue weighted by Gasteiger charge is 2.10. The van der Waals surface area contributed by atoms with E-state index in [0.717, 1.165) is 8.64 Å². The minimum absolute atomic E-state index is 0.434. The largest absolute Gasteiger partial charge is 0.363 e. The molecule has 0 aromatic rings. The fourth-order valence-electron chi connectivity index (χ4n) is 0.415. The highest BCUT2D eigenvalue weighted by atomic mass is 33.1. The molecule has 0 saturated heterocycles. The van der Waals surface area contributed by atoms with Gasteiger partial charge in [-0.1, -0.05) is 24.4 Å². The summed E-state index contributed by atoms with van der Waals surface area (Å²) in [5, 5.41) is 0. The van der Waals surface area contributed by atoms with Crippen molar-refractivity contribution in [1.29, 1.82) is 0 Å². The van der Waals surface area contributed by atoms with Gasteiger partial charge in [-0.05, 0) is 35.4 Å². The van der Waals surface area contributed by atoms with E-state index in [1.807, 2.05) is 26.0 Å². The van der Waals surface area contributed by atoms with E-state index in [1.165, 1.54) is 10.8 Å². The molecule has 0 fully saturated rings. The molecule has 0 aromatic heterocycles. The lowest BCUT2D eigenvalue weighted by atomic mass is 10.4. The lowest BCUT2D eigenvalue weighted by Gasteiger charge is -2.23. The summed E-state index contributed by atoms with van der Waals surface area (Å²) in [6, 6.07) is 0.434. The van der Waals surface area contributed by atoms with E-state index in [9.17, 15) is 0 Å². The van der Waals surface area contributed by atoms with Crippen LogP contribution in [0.25, 0.3) is 0 Å². The quantitative estimate of drug-likeness (QED) is 0.529. The van der Waals surface area contributed by atoms with Crippen molar-refractivity contribution >= 4 is 54.7 Å². The van der Waals surface area contributed by atoms with Gasteiger partial charge < -0.3 is 9.80 Å². The van der Waals surface area contributed by atoms with Crippen LogP contribution in [0.5, 0.6) is 0 Å². The van der Waals surface area contributed by atoms with Crippen LogP contribution in [-0.4, -0.2) is 45.6 Å². The summed E-state index contributed by atoms with van der Waals surface area (Å²) >= 11 is 10.4. The molecule has 0 radical (unpaired) electrons. The Labute approximate surface area is 105 Å². The van der Waals surface area contributed by atoms with Crippen LogP contribution in [-0.2, 0) is 0 Å². The van der Waals surface area contributed by atoms with Crippen molar-refractivity contribution in [3.63, 3.8) is 0 Å². The second-order valence-electron chi connectivity index (χ2n) is 3.30. The van der Waals surface area contributed by atoms with Gasteiger partial charge in [0.15, 0.2) is 0 Å². The Hall–Kier alpha value is 0.480. The molecule has 0 saturated carbocycles. The molecule has 82 valence electrons. The Kier molecular flexibility index (Phi) is 7.11. The minimum Gasteiger partial charge on any atom is -0.363 e. The zero-order valence-electron chi connectivity index (χ0n) is 9.10. The molecule has 0 aliphatic carbocycles. The third kappa shape index (κ3) is 5.38. The molecule has 0 aliphatic rings. The molecular formula is C8H16N2S4. The van der Waals surface area contributed by atoms with E-state index in [1.54, 1.807) is 10.8 Å². The molecule has 0 bridgehead atoms. The van der Waals surface area contributed by atoms with Gasteiger partial charge in [0.2, 0.25) is 0 Å². The van der Waals surface area contributed by atoms with Crippen molar-refractivity contribution in [3.8, 4) is 0 Å². The summed E-state index contributed by atoms with van der Waals surface area (Å²) < 4.78 is 1.71. The summed E-state index contributed by atoms with van der Waals surface area (Å²) in [7, 11) is 8.94. The lowest BCUT2D eigenvalue weighted by Crippen LogP contribution is -2.29. The second-order valence-corrected chi connectivity index (χ2v) is 6.69. The number of nitrogens with zero attached hydrogens (tertiary/aromatic N) is 2. The van der Waals surface area contributed by atoms with Crippen molar-refractivity contribution in [3.05, 3.63) is 0 Å². The fraction of sp³-hybridized carbons (Fsp3) is 0.750. The Bertz CT molecular complexity index is 215. The van der Waals surface area contributed by atoms with Gasteiger partial charge in [-0.2, -0.15) is 0 Å². The van der Waals surface area contributed by atoms with Crippen LogP contribution in [0.15, 0.2) is 0 Å². The average molecular weight is 268 g/mol. The maximum atomic E-state index is 5.25. The fourth-order valence-corrected chi connectivity index (χ4v) is 3.09. The summed E-state index contributed by atoms with van der Waals surface area (Å²) in [6.45, 7) is 4.23. The SMILES string of the molecule is CC(C)N(C)C(=S)SSC(=S)N(C)C. The summed E-state index contributed by atoms with van der Waals surface area (Å²) in [6.07, 6.45) is 0. The summed E-state index contributed by atoms with van der Waals surface area (Å²) in [5.74, 6) is 0. The predicted octanol–water partition coefficient (Wildman–Crippen LogP) is 2.84. The Morgan fingerprint density at radius 1 is 1.00 bits per heavy atom. The van der Waals surface area contributed by atoms with Crippen LogP contribution >= 0.6 is 46.0 Å². The van der Waals surface area contributed by atoms with Crippen molar-refractivity contribution < 1.29 is 0 Å². The Morgan fingerprint density at radius 2 is 1.43 bits per heavy atom. The average Bonchev–Trinajstić information content (AvgIpc) is 2.11. The second kappa shape index (κ2) is 6.87. The van der Waals surface area contributed by atoms with Crippen molar-refractivity contribution in [2.45, 2.75) is 19.9 Å². The van der Waals surface area contributed by atoms with Gasteiger partial charge >= 0.3 is 0 Å². The molecule has 2 nitrogen and oxygen atoms in total. The number of rotatable bonds is 1. The highest BCUT2D eigenvalue weighted by Crippen LogP contribution is 2.27. The van der Waals surface area contributed by atoms with E-state index in [-0.39, 0.29) is 0 Å². The monoisotopic (exact) mass is 268 g/mol. The van der Waals surface area contributed by atoms with Gasteiger partial charge in [0.25, 0.3) is 0 Å². The number of hydrogen-bond acceptors (Lipinski definition) is 4. The molecule has 0 N–H and O–H groups in total. The minimum atomic E-state index is 0.434. The predicted molar refractivity (Wildman–Crippen MR) is 77.0 cm³/mol. The van der Waals surface area contributed by atoms with Gasteiger partial charge in [0.05, 0.1) is 0 Å². The van der Waals surface area contributed by atoms with Gasteiger partial charge in [-0.25, -0.2) is 0 Å². The molecule has 0 unspecified atom stereocenters.